The monoisotopic (exact) mass is 342 g/mol. The van der Waals surface area contributed by atoms with E-state index in [0.29, 0.717) is 0 Å². The second kappa shape index (κ2) is 7.63. The van der Waals surface area contributed by atoms with Crippen LogP contribution in [0.3, 0.4) is 0 Å². The molecule has 11 nitrogen and oxygen atoms in total. The largest absolute Gasteiger partial charge is 0.394 e. The Labute approximate surface area is 130 Å². The van der Waals surface area contributed by atoms with Crippen LogP contribution in [-0.4, -0.2) is 115 Å². The van der Waals surface area contributed by atoms with Crippen molar-refractivity contribution in [3.8, 4) is 0 Å². The van der Waals surface area contributed by atoms with Crippen molar-refractivity contribution in [3.63, 3.8) is 0 Å². The number of aliphatic hydroxyl groups excluding tert-OH is 8. The molecule has 11 heteroatoms. The summed E-state index contributed by atoms with van der Waals surface area (Å²) in [6.45, 7) is -1.35. The fourth-order valence-corrected chi connectivity index (χ4v) is 2.57. The highest BCUT2D eigenvalue weighted by molar-refractivity contribution is 4.93. The van der Waals surface area contributed by atoms with Crippen molar-refractivity contribution < 1.29 is 55.1 Å². The summed E-state index contributed by atoms with van der Waals surface area (Å²) in [5.41, 5.74) is 0. The Morgan fingerprint density at radius 1 is 0.652 bits per heavy atom. The first-order valence-electron chi connectivity index (χ1n) is 7.08. The fraction of sp³-hybridized carbons (Fsp3) is 1.00. The molecule has 0 aromatic heterocycles. The van der Waals surface area contributed by atoms with E-state index in [1.807, 2.05) is 0 Å². The average molecular weight is 342 g/mol. The second-order valence-electron chi connectivity index (χ2n) is 5.53. The van der Waals surface area contributed by atoms with Gasteiger partial charge in [0, 0.05) is 0 Å². The van der Waals surface area contributed by atoms with E-state index in [9.17, 15) is 35.7 Å². The molecule has 0 bridgehead atoms. The first-order valence-corrected chi connectivity index (χ1v) is 7.08. The lowest BCUT2D eigenvalue weighted by molar-refractivity contribution is -0.355. The van der Waals surface area contributed by atoms with Gasteiger partial charge in [0.15, 0.2) is 12.6 Å². The van der Waals surface area contributed by atoms with Gasteiger partial charge in [-0.25, -0.2) is 0 Å². The highest BCUT2D eigenvalue weighted by atomic mass is 16.7. The zero-order chi connectivity index (χ0) is 17.3. The van der Waals surface area contributed by atoms with Crippen molar-refractivity contribution in [1.82, 2.24) is 0 Å². The fourth-order valence-electron chi connectivity index (χ4n) is 2.57. The molecule has 2 fully saturated rings. The summed E-state index contributed by atoms with van der Waals surface area (Å²) in [6, 6.07) is 0. The molecule has 0 saturated carbocycles. The summed E-state index contributed by atoms with van der Waals surface area (Å²) in [5, 5.41) is 76.5. The number of hydrogen-bond donors (Lipinski definition) is 8. The predicted octanol–water partition coefficient (Wildman–Crippen LogP) is -5.40. The Hall–Kier alpha value is -0.440. The maximum Gasteiger partial charge on any atom is 0.187 e. The molecular weight excluding hydrogens is 320 g/mol. The summed E-state index contributed by atoms with van der Waals surface area (Å²) in [7, 11) is 0. The molecule has 23 heavy (non-hydrogen) atoms. The topological polar surface area (TPSA) is 190 Å². The van der Waals surface area contributed by atoms with Gasteiger partial charge in [-0.1, -0.05) is 0 Å². The van der Waals surface area contributed by atoms with Crippen LogP contribution in [0.4, 0.5) is 0 Å². The van der Waals surface area contributed by atoms with Crippen LogP contribution >= 0.6 is 0 Å². The summed E-state index contributed by atoms with van der Waals surface area (Å²) >= 11 is 0. The zero-order valence-corrected chi connectivity index (χ0v) is 12.0. The lowest BCUT2D eigenvalue weighted by Gasteiger charge is -2.45. The SMILES string of the molecule is OC[C@H]1O[C@H](O[C@H]2[C@H](O)[C@@H](O)[C@@H](O)O[C@@H]2CO)[C@H](O)[C@@H](O)[C@H]1O. The molecule has 2 aliphatic rings. The van der Waals surface area contributed by atoms with Crippen LogP contribution in [0.15, 0.2) is 0 Å². The van der Waals surface area contributed by atoms with Crippen molar-refractivity contribution in [3.05, 3.63) is 0 Å². The summed E-state index contributed by atoms with van der Waals surface area (Å²) in [4.78, 5) is 0. The molecule has 2 aliphatic heterocycles. The molecule has 136 valence electrons. The number of hydrogen-bond acceptors (Lipinski definition) is 11. The molecule has 0 aromatic carbocycles. The van der Waals surface area contributed by atoms with Crippen LogP contribution in [-0.2, 0) is 14.2 Å². The Bertz CT molecular complexity index is 378. The van der Waals surface area contributed by atoms with E-state index in [2.05, 4.69) is 0 Å². The van der Waals surface area contributed by atoms with Gasteiger partial charge in [0.1, 0.15) is 48.8 Å². The van der Waals surface area contributed by atoms with Gasteiger partial charge in [0.25, 0.3) is 0 Å². The molecule has 0 aromatic rings. The lowest BCUT2D eigenvalue weighted by Crippen LogP contribution is -2.64. The Morgan fingerprint density at radius 2 is 1.26 bits per heavy atom. The number of aliphatic hydroxyl groups is 8. The molecule has 0 radical (unpaired) electrons. The molecule has 0 spiro atoms. The van der Waals surface area contributed by atoms with Crippen molar-refractivity contribution in [2.75, 3.05) is 13.2 Å². The van der Waals surface area contributed by atoms with Crippen molar-refractivity contribution in [2.24, 2.45) is 0 Å². The average Bonchev–Trinajstić information content (AvgIpc) is 2.55. The quantitative estimate of drug-likeness (QED) is 0.243. The van der Waals surface area contributed by atoms with E-state index >= 15 is 0 Å². The lowest BCUT2D eigenvalue weighted by atomic mass is 9.97. The molecule has 10 atom stereocenters. The smallest absolute Gasteiger partial charge is 0.187 e. The van der Waals surface area contributed by atoms with Crippen LogP contribution in [0.2, 0.25) is 0 Å². The third kappa shape index (κ3) is 3.65. The molecule has 2 saturated heterocycles. The van der Waals surface area contributed by atoms with Crippen molar-refractivity contribution >= 4 is 0 Å². The molecule has 8 N–H and O–H groups in total. The van der Waals surface area contributed by atoms with Crippen LogP contribution in [0.5, 0.6) is 0 Å². The van der Waals surface area contributed by atoms with Gasteiger partial charge in [-0.05, 0) is 0 Å². The molecule has 0 aliphatic carbocycles. The Morgan fingerprint density at radius 3 is 1.83 bits per heavy atom. The van der Waals surface area contributed by atoms with Gasteiger partial charge < -0.3 is 55.1 Å². The summed E-state index contributed by atoms with van der Waals surface area (Å²) in [6.07, 6.45) is -15.6. The van der Waals surface area contributed by atoms with Gasteiger partial charge in [-0.15, -0.1) is 0 Å². The minimum Gasteiger partial charge on any atom is -0.394 e. The van der Waals surface area contributed by atoms with Crippen LogP contribution in [0, 0.1) is 0 Å². The minimum absolute atomic E-state index is 0.667. The molecule has 2 rings (SSSR count). The molecule has 0 unspecified atom stereocenters. The van der Waals surface area contributed by atoms with E-state index in [1.54, 1.807) is 0 Å². The zero-order valence-electron chi connectivity index (χ0n) is 12.0. The van der Waals surface area contributed by atoms with Crippen molar-refractivity contribution in [1.29, 1.82) is 0 Å². The number of rotatable bonds is 4. The summed E-state index contributed by atoms with van der Waals surface area (Å²) < 4.78 is 15.3. The van der Waals surface area contributed by atoms with Crippen LogP contribution < -0.4 is 0 Å². The first kappa shape index (κ1) is 18.9. The van der Waals surface area contributed by atoms with Crippen LogP contribution in [0.1, 0.15) is 0 Å². The highest BCUT2D eigenvalue weighted by Crippen LogP contribution is 2.28. The van der Waals surface area contributed by atoms with Gasteiger partial charge in [0.05, 0.1) is 13.2 Å². The first-order chi connectivity index (χ1) is 10.8. The van der Waals surface area contributed by atoms with E-state index < -0.39 is 74.6 Å². The summed E-state index contributed by atoms with van der Waals surface area (Å²) in [5.74, 6) is 0. The molecule has 2 heterocycles. The van der Waals surface area contributed by atoms with E-state index in [0.717, 1.165) is 0 Å². The van der Waals surface area contributed by atoms with Gasteiger partial charge in [-0.3, -0.25) is 0 Å². The van der Waals surface area contributed by atoms with Gasteiger partial charge in [-0.2, -0.15) is 0 Å². The maximum absolute atomic E-state index is 9.94. The predicted molar refractivity (Wildman–Crippen MR) is 68.6 cm³/mol. The molecular formula is C12H22O11. The standard InChI is InChI=1S/C12H22O11/c13-1-3-5(15)6(16)9(19)12(22-3)23-10-4(2-14)21-11(20)8(18)7(10)17/h3-20H,1-2H2/t3-,4-,5+,6+,7-,8-,9-,10-,11+,12-/m1/s1. The van der Waals surface area contributed by atoms with E-state index in [4.69, 9.17) is 19.3 Å². The van der Waals surface area contributed by atoms with E-state index in [-0.39, 0.29) is 0 Å². The molecule has 0 amide bonds. The van der Waals surface area contributed by atoms with Gasteiger partial charge >= 0.3 is 0 Å². The highest BCUT2D eigenvalue weighted by Gasteiger charge is 2.50. The third-order valence-corrected chi connectivity index (χ3v) is 3.98. The van der Waals surface area contributed by atoms with Crippen LogP contribution in [0.25, 0.3) is 0 Å². The Kier molecular flexibility index (Phi) is 6.27. The van der Waals surface area contributed by atoms with Crippen molar-refractivity contribution in [2.45, 2.75) is 61.4 Å². The Balaban J connectivity index is 2.11. The number of ether oxygens (including phenoxy) is 3. The minimum atomic E-state index is -1.74. The third-order valence-electron chi connectivity index (χ3n) is 3.98. The maximum atomic E-state index is 9.94. The second-order valence-corrected chi connectivity index (χ2v) is 5.53. The van der Waals surface area contributed by atoms with Gasteiger partial charge in [0.2, 0.25) is 0 Å². The normalized spacial score (nSPS) is 51.7. The van der Waals surface area contributed by atoms with E-state index in [1.165, 1.54) is 0 Å².